The lowest BCUT2D eigenvalue weighted by molar-refractivity contribution is 0.0498. The summed E-state index contributed by atoms with van der Waals surface area (Å²) in [7, 11) is 0. The van der Waals surface area contributed by atoms with E-state index in [1.54, 1.807) is 0 Å². The molecule has 0 saturated heterocycles. The number of ether oxygens (including phenoxy) is 2. The third kappa shape index (κ3) is 15.8. The lowest BCUT2D eigenvalue weighted by atomic mass is 10.2. The average molecular weight is 260 g/mol. The van der Waals surface area contributed by atoms with Crippen molar-refractivity contribution >= 4 is 0 Å². The quantitative estimate of drug-likeness (QED) is 0.466. The molecule has 110 valence electrons. The van der Waals surface area contributed by atoms with E-state index in [-0.39, 0.29) is 0 Å². The average Bonchev–Trinajstić information content (AvgIpc) is 2.34. The highest BCUT2D eigenvalue weighted by Gasteiger charge is 1.93. The molecule has 0 aromatic carbocycles. The van der Waals surface area contributed by atoms with Gasteiger partial charge in [0.05, 0.1) is 26.4 Å². The Kier molecular flexibility index (Phi) is 14.8. The minimum absolute atomic E-state index is 0.693. The molecule has 4 heteroatoms. The molecule has 0 fully saturated rings. The second-order valence-electron chi connectivity index (χ2n) is 4.93. The van der Waals surface area contributed by atoms with Gasteiger partial charge in [0.25, 0.3) is 0 Å². The predicted octanol–water partition coefficient (Wildman–Crippen LogP) is 1.65. The predicted molar refractivity (Wildman–Crippen MR) is 77.1 cm³/mol. The summed E-state index contributed by atoms with van der Waals surface area (Å²) in [6.45, 7) is 13.6. The Labute approximate surface area is 113 Å². The Morgan fingerprint density at radius 1 is 0.833 bits per heavy atom. The minimum atomic E-state index is 0.693. The largest absolute Gasteiger partial charge is 0.378 e. The fourth-order valence-corrected chi connectivity index (χ4v) is 1.43. The van der Waals surface area contributed by atoms with E-state index in [0.717, 1.165) is 39.4 Å². The van der Waals surface area contributed by atoms with Crippen molar-refractivity contribution in [2.24, 2.45) is 5.92 Å². The zero-order chi connectivity index (χ0) is 13.5. The van der Waals surface area contributed by atoms with Gasteiger partial charge in [0.2, 0.25) is 0 Å². The van der Waals surface area contributed by atoms with Gasteiger partial charge in [-0.05, 0) is 25.4 Å². The lowest BCUT2D eigenvalue weighted by Crippen LogP contribution is -2.25. The monoisotopic (exact) mass is 260 g/mol. The fraction of sp³-hybridized carbons (Fsp3) is 1.00. The molecule has 0 unspecified atom stereocenters. The van der Waals surface area contributed by atoms with Gasteiger partial charge in [-0.1, -0.05) is 27.2 Å². The highest BCUT2D eigenvalue weighted by molar-refractivity contribution is 4.50. The first-order chi connectivity index (χ1) is 8.77. The molecule has 0 aliphatic rings. The molecule has 0 aromatic rings. The SMILES string of the molecule is CCCCNCCOCCOCCNCC(C)C. The third-order valence-electron chi connectivity index (χ3n) is 2.48. The van der Waals surface area contributed by atoms with E-state index in [4.69, 9.17) is 9.47 Å². The molecule has 18 heavy (non-hydrogen) atoms. The van der Waals surface area contributed by atoms with Gasteiger partial charge in [-0.2, -0.15) is 0 Å². The number of rotatable bonds is 14. The Hall–Kier alpha value is -0.160. The van der Waals surface area contributed by atoms with Gasteiger partial charge in [0.15, 0.2) is 0 Å². The van der Waals surface area contributed by atoms with Gasteiger partial charge < -0.3 is 20.1 Å². The Morgan fingerprint density at radius 3 is 2.00 bits per heavy atom. The summed E-state index contributed by atoms with van der Waals surface area (Å²) in [6, 6.07) is 0. The van der Waals surface area contributed by atoms with Crippen LogP contribution in [-0.2, 0) is 9.47 Å². The van der Waals surface area contributed by atoms with Crippen LogP contribution in [0.25, 0.3) is 0 Å². The minimum Gasteiger partial charge on any atom is -0.378 e. The maximum atomic E-state index is 5.45. The molecule has 4 nitrogen and oxygen atoms in total. The summed E-state index contributed by atoms with van der Waals surface area (Å²) in [5, 5.41) is 6.68. The summed E-state index contributed by atoms with van der Waals surface area (Å²) in [6.07, 6.45) is 2.49. The van der Waals surface area contributed by atoms with Crippen LogP contribution in [0.5, 0.6) is 0 Å². The maximum Gasteiger partial charge on any atom is 0.0701 e. The van der Waals surface area contributed by atoms with Crippen LogP contribution in [0.4, 0.5) is 0 Å². The van der Waals surface area contributed by atoms with Crippen molar-refractivity contribution in [3.63, 3.8) is 0 Å². The van der Waals surface area contributed by atoms with E-state index in [1.807, 2.05) is 0 Å². The van der Waals surface area contributed by atoms with Crippen LogP contribution in [0.2, 0.25) is 0 Å². The first-order valence-corrected chi connectivity index (χ1v) is 7.34. The summed E-state index contributed by atoms with van der Waals surface area (Å²) < 4.78 is 10.9. The molecule has 0 atom stereocenters. The molecule has 0 amide bonds. The second-order valence-corrected chi connectivity index (χ2v) is 4.93. The van der Waals surface area contributed by atoms with E-state index in [9.17, 15) is 0 Å². The van der Waals surface area contributed by atoms with Crippen LogP contribution in [-0.4, -0.2) is 52.6 Å². The highest BCUT2D eigenvalue weighted by atomic mass is 16.5. The van der Waals surface area contributed by atoms with E-state index in [1.165, 1.54) is 12.8 Å². The van der Waals surface area contributed by atoms with Gasteiger partial charge in [0.1, 0.15) is 0 Å². The molecule has 0 aliphatic heterocycles. The second kappa shape index (κ2) is 14.9. The smallest absolute Gasteiger partial charge is 0.0701 e. The van der Waals surface area contributed by atoms with Gasteiger partial charge in [0, 0.05) is 13.1 Å². The number of hydrogen-bond donors (Lipinski definition) is 2. The molecule has 0 spiro atoms. The standard InChI is InChI=1S/C14H32N2O2/c1-4-5-6-15-7-9-17-11-12-18-10-8-16-13-14(2)3/h14-16H,4-13H2,1-3H3. The van der Waals surface area contributed by atoms with Crippen molar-refractivity contribution in [3.05, 3.63) is 0 Å². The molecule has 2 N–H and O–H groups in total. The fourth-order valence-electron chi connectivity index (χ4n) is 1.43. The van der Waals surface area contributed by atoms with Gasteiger partial charge in [-0.3, -0.25) is 0 Å². The first-order valence-electron chi connectivity index (χ1n) is 7.34. The normalized spacial score (nSPS) is 11.3. The van der Waals surface area contributed by atoms with E-state index in [0.29, 0.717) is 19.1 Å². The van der Waals surface area contributed by atoms with Crippen LogP contribution in [0, 0.1) is 5.92 Å². The van der Waals surface area contributed by atoms with Crippen molar-refractivity contribution in [2.75, 3.05) is 52.6 Å². The molecule has 0 radical (unpaired) electrons. The summed E-state index contributed by atoms with van der Waals surface area (Å²) >= 11 is 0. The molecular formula is C14H32N2O2. The van der Waals surface area contributed by atoms with Crippen molar-refractivity contribution in [2.45, 2.75) is 33.6 Å². The van der Waals surface area contributed by atoms with Gasteiger partial charge in [-0.15, -0.1) is 0 Å². The van der Waals surface area contributed by atoms with Crippen LogP contribution in [0.15, 0.2) is 0 Å². The van der Waals surface area contributed by atoms with Crippen molar-refractivity contribution in [1.82, 2.24) is 10.6 Å². The van der Waals surface area contributed by atoms with Crippen LogP contribution < -0.4 is 10.6 Å². The van der Waals surface area contributed by atoms with Crippen LogP contribution in [0.1, 0.15) is 33.6 Å². The third-order valence-corrected chi connectivity index (χ3v) is 2.48. The summed E-state index contributed by atoms with van der Waals surface area (Å²) in [5.74, 6) is 0.702. The summed E-state index contributed by atoms with van der Waals surface area (Å²) in [5.41, 5.74) is 0. The molecule has 0 rings (SSSR count). The Morgan fingerprint density at radius 2 is 1.44 bits per heavy atom. The van der Waals surface area contributed by atoms with Crippen LogP contribution in [0.3, 0.4) is 0 Å². The van der Waals surface area contributed by atoms with E-state index < -0.39 is 0 Å². The molecule has 0 heterocycles. The number of nitrogens with one attached hydrogen (secondary N) is 2. The first kappa shape index (κ1) is 17.8. The van der Waals surface area contributed by atoms with Crippen LogP contribution >= 0.6 is 0 Å². The molecule has 0 aromatic heterocycles. The van der Waals surface area contributed by atoms with Gasteiger partial charge >= 0.3 is 0 Å². The molecule has 0 aliphatic carbocycles. The number of unbranched alkanes of at least 4 members (excludes halogenated alkanes) is 1. The number of hydrogen-bond acceptors (Lipinski definition) is 4. The van der Waals surface area contributed by atoms with Crippen molar-refractivity contribution in [3.8, 4) is 0 Å². The topological polar surface area (TPSA) is 42.5 Å². The summed E-state index contributed by atoms with van der Waals surface area (Å²) in [4.78, 5) is 0. The zero-order valence-electron chi connectivity index (χ0n) is 12.5. The van der Waals surface area contributed by atoms with Crippen molar-refractivity contribution < 1.29 is 9.47 Å². The van der Waals surface area contributed by atoms with Crippen molar-refractivity contribution in [1.29, 1.82) is 0 Å². The zero-order valence-corrected chi connectivity index (χ0v) is 12.5. The molecule has 0 bridgehead atoms. The maximum absolute atomic E-state index is 5.45. The van der Waals surface area contributed by atoms with E-state index in [2.05, 4.69) is 31.4 Å². The lowest BCUT2D eigenvalue weighted by Gasteiger charge is -2.08. The highest BCUT2D eigenvalue weighted by Crippen LogP contribution is 1.86. The van der Waals surface area contributed by atoms with Gasteiger partial charge in [-0.25, -0.2) is 0 Å². The molecular weight excluding hydrogens is 228 g/mol. The van der Waals surface area contributed by atoms with E-state index >= 15 is 0 Å². The Bertz CT molecular complexity index is 155. The molecule has 0 saturated carbocycles. The Balaban J connectivity index is 2.90.